The summed E-state index contributed by atoms with van der Waals surface area (Å²) in [6.45, 7) is 0. The molecular formula is C15H21N3. The van der Waals surface area contributed by atoms with Gasteiger partial charge in [-0.05, 0) is 43.7 Å². The van der Waals surface area contributed by atoms with E-state index >= 15 is 0 Å². The number of aromatic nitrogens is 2. The Morgan fingerprint density at radius 1 is 1.22 bits per heavy atom. The lowest BCUT2D eigenvalue weighted by Crippen LogP contribution is -2.27. The molecular weight excluding hydrogens is 222 g/mol. The lowest BCUT2D eigenvalue weighted by atomic mass is 9.84. The van der Waals surface area contributed by atoms with Crippen molar-refractivity contribution >= 4 is 11.0 Å². The van der Waals surface area contributed by atoms with Gasteiger partial charge >= 0.3 is 0 Å². The molecule has 0 spiro atoms. The smallest absolute Gasteiger partial charge is 0.109 e. The van der Waals surface area contributed by atoms with Crippen LogP contribution in [0.3, 0.4) is 0 Å². The fraction of sp³-hybridized carbons (Fsp3) is 0.533. The molecule has 1 fully saturated rings. The van der Waals surface area contributed by atoms with Crippen LogP contribution in [-0.4, -0.2) is 15.6 Å². The molecule has 1 heterocycles. The van der Waals surface area contributed by atoms with Gasteiger partial charge in [0.25, 0.3) is 0 Å². The zero-order valence-electron chi connectivity index (χ0n) is 11.0. The first-order valence-corrected chi connectivity index (χ1v) is 6.90. The van der Waals surface area contributed by atoms with E-state index in [2.05, 4.69) is 35.9 Å². The Labute approximate surface area is 108 Å². The van der Waals surface area contributed by atoms with E-state index in [-0.39, 0.29) is 0 Å². The van der Waals surface area contributed by atoms with Gasteiger partial charge in [-0.25, -0.2) is 4.98 Å². The highest BCUT2D eigenvalue weighted by Crippen LogP contribution is 2.27. The first-order chi connectivity index (χ1) is 8.74. The average molecular weight is 243 g/mol. The third-order valence-corrected chi connectivity index (χ3v) is 4.24. The summed E-state index contributed by atoms with van der Waals surface area (Å²) in [5.41, 5.74) is 8.31. The number of nitrogens with zero attached hydrogens (tertiary/aromatic N) is 2. The minimum absolute atomic E-state index is 0.432. The summed E-state index contributed by atoms with van der Waals surface area (Å²) in [7, 11) is 2.12. The van der Waals surface area contributed by atoms with Gasteiger partial charge in [0, 0.05) is 19.5 Å². The van der Waals surface area contributed by atoms with Crippen molar-refractivity contribution in [1.82, 2.24) is 9.55 Å². The Hall–Kier alpha value is -1.35. The van der Waals surface area contributed by atoms with Crippen LogP contribution in [0.1, 0.15) is 31.5 Å². The van der Waals surface area contributed by atoms with Crippen LogP contribution in [0.4, 0.5) is 0 Å². The highest BCUT2D eigenvalue weighted by atomic mass is 15.1. The number of rotatable bonds is 2. The first-order valence-electron chi connectivity index (χ1n) is 6.90. The third kappa shape index (κ3) is 2.15. The predicted molar refractivity (Wildman–Crippen MR) is 74.4 cm³/mol. The van der Waals surface area contributed by atoms with Gasteiger partial charge in [0.15, 0.2) is 0 Å². The summed E-state index contributed by atoms with van der Waals surface area (Å²) in [6.07, 6.45) is 5.95. The molecule has 0 unspecified atom stereocenters. The molecule has 3 heteroatoms. The maximum absolute atomic E-state index is 5.96. The quantitative estimate of drug-likeness (QED) is 0.881. The molecule has 18 heavy (non-hydrogen) atoms. The van der Waals surface area contributed by atoms with Crippen LogP contribution in [0.25, 0.3) is 11.0 Å². The molecule has 0 bridgehead atoms. The zero-order valence-corrected chi connectivity index (χ0v) is 11.0. The summed E-state index contributed by atoms with van der Waals surface area (Å²) in [6, 6.07) is 8.80. The van der Waals surface area contributed by atoms with Crippen molar-refractivity contribution in [2.75, 3.05) is 0 Å². The Morgan fingerprint density at radius 3 is 2.67 bits per heavy atom. The summed E-state index contributed by atoms with van der Waals surface area (Å²) in [5, 5.41) is 0. The Morgan fingerprint density at radius 2 is 1.94 bits per heavy atom. The number of imidazole rings is 1. The summed E-state index contributed by atoms with van der Waals surface area (Å²) in [4.78, 5) is 4.76. The van der Waals surface area contributed by atoms with Crippen LogP contribution in [0.5, 0.6) is 0 Å². The summed E-state index contributed by atoms with van der Waals surface area (Å²) >= 11 is 0. The zero-order chi connectivity index (χ0) is 12.5. The summed E-state index contributed by atoms with van der Waals surface area (Å²) in [5.74, 6) is 1.98. The van der Waals surface area contributed by atoms with Crippen LogP contribution in [0, 0.1) is 5.92 Å². The highest BCUT2D eigenvalue weighted by molar-refractivity contribution is 5.75. The van der Waals surface area contributed by atoms with E-state index in [0.717, 1.165) is 17.9 Å². The molecule has 1 aliphatic rings. The summed E-state index contributed by atoms with van der Waals surface area (Å²) < 4.78 is 2.24. The van der Waals surface area contributed by atoms with E-state index in [9.17, 15) is 0 Å². The average Bonchev–Trinajstić information content (AvgIpc) is 2.70. The highest BCUT2D eigenvalue weighted by Gasteiger charge is 2.20. The monoisotopic (exact) mass is 243 g/mol. The third-order valence-electron chi connectivity index (χ3n) is 4.24. The Kier molecular flexibility index (Phi) is 3.08. The molecule has 1 aromatic heterocycles. The van der Waals surface area contributed by atoms with Crippen molar-refractivity contribution in [3.05, 3.63) is 30.1 Å². The lowest BCUT2D eigenvalue weighted by molar-refractivity contribution is 0.319. The van der Waals surface area contributed by atoms with Crippen LogP contribution < -0.4 is 5.73 Å². The van der Waals surface area contributed by atoms with Crippen molar-refractivity contribution in [3.8, 4) is 0 Å². The van der Waals surface area contributed by atoms with E-state index in [0.29, 0.717) is 6.04 Å². The van der Waals surface area contributed by atoms with Gasteiger partial charge < -0.3 is 10.3 Å². The van der Waals surface area contributed by atoms with Gasteiger partial charge in [0.05, 0.1) is 11.0 Å². The van der Waals surface area contributed by atoms with Crippen LogP contribution in [0.2, 0.25) is 0 Å². The lowest BCUT2D eigenvalue weighted by Gasteiger charge is -2.25. The van der Waals surface area contributed by atoms with Crippen molar-refractivity contribution in [1.29, 1.82) is 0 Å². The molecule has 1 saturated carbocycles. The largest absolute Gasteiger partial charge is 0.331 e. The minimum atomic E-state index is 0.432. The SMILES string of the molecule is Cn1c(CC2CCC(N)CC2)nc2ccccc21. The van der Waals surface area contributed by atoms with Crippen molar-refractivity contribution in [2.45, 2.75) is 38.1 Å². The molecule has 0 atom stereocenters. The van der Waals surface area contributed by atoms with Gasteiger partial charge in [-0.1, -0.05) is 12.1 Å². The van der Waals surface area contributed by atoms with E-state index in [4.69, 9.17) is 10.7 Å². The fourth-order valence-corrected chi connectivity index (χ4v) is 3.03. The number of nitrogens with two attached hydrogens (primary N) is 1. The van der Waals surface area contributed by atoms with E-state index in [1.807, 2.05) is 0 Å². The van der Waals surface area contributed by atoms with Crippen LogP contribution in [-0.2, 0) is 13.5 Å². The van der Waals surface area contributed by atoms with Crippen molar-refractivity contribution < 1.29 is 0 Å². The second kappa shape index (κ2) is 4.73. The van der Waals surface area contributed by atoms with Gasteiger partial charge in [-0.15, -0.1) is 0 Å². The van der Waals surface area contributed by atoms with Gasteiger partial charge in [0.2, 0.25) is 0 Å². The van der Waals surface area contributed by atoms with E-state index < -0.39 is 0 Å². The molecule has 1 aromatic carbocycles. The Balaban J connectivity index is 1.80. The molecule has 0 radical (unpaired) electrons. The number of aryl methyl sites for hydroxylation is 1. The van der Waals surface area contributed by atoms with Crippen molar-refractivity contribution in [2.24, 2.45) is 18.7 Å². The Bertz CT molecular complexity index is 536. The maximum Gasteiger partial charge on any atom is 0.109 e. The molecule has 0 amide bonds. The molecule has 3 nitrogen and oxygen atoms in total. The topological polar surface area (TPSA) is 43.8 Å². The van der Waals surface area contributed by atoms with E-state index in [1.165, 1.54) is 37.0 Å². The van der Waals surface area contributed by atoms with Crippen LogP contribution >= 0.6 is 0 Å². The first kappa shape index (κ1) is 11.7. The predicted octanol–water partition coefficient (Wildman–Crippen LogP) is 2.63. The normalized spacial score (nSPS) is 24.6. The van der Waals surface area contributed by atoms with E-state index in [1.54, 1.807) is 0 Å². The minimum Gasteiger partial charge on any atom is -0.331 e. The van der Waals surface area contributed by atoms with Crippen molar-refractivity contribution in [3.63, 3.8) is 0 Å². The standard InChI is InChI=1S/C15H21N3/c1-18-14-5-3-2-4-13(14)17-15(18)10-11-6-8-12(16)9-7-11/h2-5,11-12H,6-10,16H2,1H3. The van der Waals surface area contributed by atoms with Gasteiger partial charge in [0.1, 0.15) is 5.82 Å². The molecule has 0 saturated heterocycles. The molecule has 0 aliphatic heterocycles. The second-order valence-corrected chi connectivity index (χ2v) is 5.56. The number of benzene rings is 1. The number of fused-ring (bicyclic) bond motifs is 1. The molecule has 1 aliphatic carbocycles. The number of para-hydroxylation sites is 2. The maximum atomic E-state index is 5.96. The van der Waals surface area contributed by atoms with Gasteiger partial charge in [-0.2, -0.15) is 0 Å². The van der Waals surface area contributed by atoms with Gasteiger partial charge in [-0.3, -0.25) is 0 Å². The number of hydrogen-bond acceptors (Lipinski definition) is 2. The molecule has 96 valence electrons. The molecule has 3 rings (SSSR count). The van der Waals surface area contributed by atoms with Crippen LogP contribution in [0.15, 0.2) is 24.3 Å². The molecule has 2 aromatic rings. The molecule has 2 N–H and O–H groups in total. The fourth-order valence-electron chi connectivity index (χ4n) is 3.03. The number of hydrogen-bond donors (Lipinski definition) is 1. The second-order valence-electron chi connectivity index (χ2n) is 5.56.